The molecule has 1 aromatic carbocycles. The predicted octanol–water partition coefficient (Wildman–Crippen LogP) is 12.1. The summed E-state index contributed by atoms with van der Waals surface area (Å²) < 4.78 is 0. The summed E-state index contributed by atoms with van der Waals surface area (Å²) in [5.41, 5.74) is 2.36. The second-order valence-electron chi connectivity index (χ2n) is 10.5. The normalized spacial score (nSPS) is 12.5. The lowest BCUT2D eigenvalue weighted by Crippen LogP contribution is -2.00. The monoisotopic (exact) mass is 474 g/mol. The van der Waals surface area contributed by atoms with Gasteiger partial charge in [0, 0.05) is 5.66 Å². The molecule has 192 valence electrons. The van der Waals surface area contributed by atoms with Crippen LogP contribution in [0.4, 0.5) is 0 Å². The van der Waals surface area contributed by atoms with Gasteiger partial charge in [-0.25, -0.2) is 0 Å². The molecule has 0 heterocycles. The number of benzene rings is 1. The zero-order chi connectivity index (χ0) is 23.8. The summed E-state index contributed by atoms with van der Waals surface area (Å²) in [5, 5.41) is 0. The molecule has 0 saturated carbocycles. The number of rotatable bonds is 24. The van der Waals surface area contributed by atoms with Gasteiger partial charge >= 0.3 is 0 Å². The quantitative estimate of drug-likeness (QED) is 0.103. The Bertz CT molecular complexity index is 472. The van der Waals surface area contributed by atoms with Crippen LogP contribution in [-0.2, 0) is 0 Å². The topological polar surface area (TPSA) is 0 Å². The number of hydrogen-bond acceptors (Lipinski definition) is 0. The maximum atomic E-state index is 2.52. The van der Waals surface area contributed by atoms with E-state index in [0.717, 1.165) is 5.66 Å². The van der Waals surface area contributed by atoms with Crippen molar-refractivity contribution >= 4 is 7.92 Å². The zero-order valence-corrected chi connectivity index (χ0v) is 23.9. The minimum Gasteiger partial charge on any atom is -0.0993 e. The van der Waals surface area contributed by atoms with Gasteiger partial charge in [-0.15, -0.1) is 0 Å². The molecule has 0 radical (unpaired) electrons. The highest BCUT2D eigenvalue weighted by Gasteiger charge is 2.17. The van der Waals surface area contributed by atoms with Crippen LogP contribution in [0.1, 0.15) is 160 Å². The van der Waals surface area contributed by atoms with Gasteiger partial charge in [-0.3, -0.25) is 0 Å². The second kappa shape index (κ2) is 23.4. The van der Waals surface area contributed by atoms with E-state index in [2.05, 4.69) is 51.1 Å². The Balaban J connectivity index is 2.21. The van der Waals surface area contributed by atoms with Crippen molar-refractivity contribution in [2.45, 2.75) is 155 Å². The molecule has 1 atom stereocenters. The van der Waals surface area contributed by atoms with Gasteiger partial charge in [-0.1, -0.05) is 175 Å². The van der Waals surface area contributed by atoms with Gasteiger partial charge in [0.2, 0.25) is 0 Å². The van der Waals surface area contributed by atoms with Crippen molar-refractivity contribution in [2.24, 2.45) is 0 Å². The number of hydrogen-bond donors (Lipinski definition) is 0. The maximum Gasteiger partial charge on any atom is 0.00134 e. The molecular formula is C32H59P. The first-order valence-electron chi connectivity index (χ1n) is 15.1. The molecule has 0 aliphatic carbocycles. The first-order chi connectivity index (χ1) is 16.3. The Kier molecular flexibility index (Phi) is 21.8. The summed E-state index contributed by atoms with van der Waals surface area (Å²) in [6.45, 7) is 7.14. The molecule has 33 heavy (non-hydrogen) atoms. The Morgan fingerprint density at radius 3 is 1.18 bits per heavy atom. The van der Waals surface area contributed by atoms with Crippen LogP contribution in [0.5, 0.6) is 0 Å². The third kappa shape index (κ3) is 17.7. The van der Waals surface area contributed by atoms with E-state index < -0.39 is 0 Å². The molecule has 1 heteroatoms. The van der Waals surface area contributed by atoms with Crippen LogP contribution in [-0.4, -0.2) is 12.3 Å². The van der Waals surface area contributed by atoms with E-state index in [1.54, 1.807) is 5.56 Å². The lowest BCUT2D eigenvalue weighted by Gasteiger charge is -2.25. The van der Waals surface area contributed by atoms with Crippen molar-refractivity contribution < 1.29 is 0 Å². The fourth-order valence-corrected chi connectivity index (χ4v) is 7.90. The number of unbranched alkanes of at least 4 members (excludes halogenated alkanes) is 18. The van der Waals surface area contributed by atoms with E-state index in [9.17, 15) is 0 Å². The SMILES string of the molecule is CCCCCCCCCCCCP(CCCCCCCCCCCC)C(C)c1ccccc1. The van der Waals surface area contributed by atoms with E-state index in [-0.39, 0.29) is 7.92 Å². The summed E-state index contributed by atoms with van der Waals surface area (Å²) in [7, 11) is 0.133. The van der Waals surface area contributed by atoms with E-state index in [1.165, 1.54) is 141 Å². The molecule has 1 unspecified atom stereocenters. The molecule has 1 aromatic rings. The Hall–Kier alpha value is -0.350. The van der Waals surface area contributed by atoms with Crippen molar-refractivity contribution in [1.29, 1.82) is 0 Å². The highest BCUT2D eigenvalue weighted by Crippen LogP contribution is 2.52. The summed E-state index contributed by atoms with van der Waals surface area (Å²) >= 11 is 0. The molecule has 1 rings (SSSR count). The summed E-state index contributed by atoms with van der Waals surface area (Å²) in [6.07, 6.45) is 32.1. The van der Waals surface area contributed by atoms with Gasteiger partial charge < -0.3 is 0 Å². The fraction of sp³-hybridized carbons (Fsp3) is 0.812. The van der Waals surface area contributed by atoms with Crippen LogP contribution in [0.3, 0.4) is 0 Å². The minimum atomic E-state index is 0.133. The highest BCUT2D eigenvalue weighted by atomic mass is 31.1. The third-order valence-corrected chi connectivity index (χ3v) is 10.6. The lowest BCUT2D eigenvalue weighted by molar-refractivity contribution is 0.561. The highest BCUT2D eigenvalue weighted by molar-refractivity contribution is 7.58. The molecule has 0 aliphatic rings. The van der Waals surface area contributed by atoms with Crippen molar-refractivity contribution in [3.05, 3.63) is 35.9 Å². The Morgan fingerprint density at radius 1 is 0.485 bits per heavy atom. The van der Waals surface area contributed by atoms with Gasteiger partial charge in [-0.05, 0) is 30.7 Å². The summed E-state index contributed by atoms with van der Waals surface area (Å²) in [4.78, 5) is 0. The van der Waals surface area contributed by atoms with E-state index in [4.69, 9.17) is 0 Å². The fourth-order valence-electron chi connectivity index (χ4n) is 5.05. The average molecular weight is 475 g/mol. The lowest BCUT2D eigenvalue weighted by atomic mass is 10.1. The van der Waals surface area contributed by atoms with E-state index in [0.29, 0.717) is 0 Å². The molecule has 0 nitrogen and oxygen atoms in total. The Labute approximate surface area is 210 Å². The second-order valence-corrected chi connectivity index (χ2v) is 13.3. The van der Waals surface area contributed by atoms with Crippen molar-refractivity contribution in [2.75, 3.05) is 12.3 Å². The van der Waals surface area contributed by atoms with Gasteiger partial charge in [0.15, 0.2) is 0 Å². The van der Waals surface area contributed by atoms with Crippen molar-refractivity contribution in [3.8, 4) is 0 Å². The average Bonchev–Trinajstić information content (AvgIpc) is 2.85. The molecule has 0 amide bonds. The zero-order valence-electron chi connectivity index (χ0n) is 23.0. The predicted molar refractivity (Wildman–Crippen MR) is 155 cm³/mol. The van der Waals surface area contributed by atoms with Crippen LogP contribution >= 0.6 is 7.92 Å². The molecule has 0 aromatic heterocycles. The van der Waals surface area contributed by atoms with Gasteiger partial charge in [0.1, 0.15) is 0 Å². The molecule has 0 aliphatic heterocycles. The summed E-state index contributed by atoms with van der Waals surface area (Å²) in [5.74, 6) is 0. The summed E-state index contributed by atoms with van der Waals surface area (Å²) in [6, 6.07) is 11.4. The van der Waals surface area contributed by atoms with Crippen molar-refractivity contribution in [1.82, 2.24) is 0 Å². The Morgan fingerprint density at radius 2 is 0.818 bits per heavy atom. The third-order valence-electron chi connectivity index (χ3n) is 7.43. The standard InChI is InChI=1S/C32H59P/c1-4-6-8-10-12-14-16-18-20-25-29-33(31(3)32-27-23-22-24-28-32)30-26-21-19-17-15-13-11-9-7-5-2/h22-24,27-28,31H,4-21,25-26,29-30H2,1-3H3. The van der Waals surface area contributed by atoms with Crippen molar-refractivity contribution in [3.63, 3.8) is 0 Å². The largest absolute Gasteiger partial charge is 0.0993 e. The van der Waals surface area contributed by atoms with Crippen LogP contribution < -0.4 is 0 Å². The molecule has 0 saturated heterocycles. The van der Waals surface area contributed by atoms with Gasteiger partial charge in [0.25, 0.3) is 0 Å². The van der Waals surface area contributed by atoms with E-state index >= 15 is 0 Å². The molecular weight excluding hydrogens is 415 g/mol. The maximum absolute atomic E-state index is 2.52. The van der Waals surface area contributed by atoms with Gasteiger partial charge in [0.05, 0.1) is 0 Å². The van der Waals surface area contributed by atoms with Crippen LogP contribution in [0, 0.1) is 0 Å². The van der Waals surface area contributed by atoms with Crippen LogP contribution in [0.15, 0.2) is 30.3 Å². The van der Waals surface area contributed by atoms with Gasteiger partial charge in [-0.2, -0.15) is 0 Å². The first-order valence-corrected chi connectivity index (χ1v) is 16.9. The first kappa shape index (κ1) is 30.7. The molecule has 0 N–H and O–H groups in total. The van der Waals surface area contributed by atoms with Crippen LogP contribution in [0.2, 0.25) is 0 Å². The minimum absolute atomic E-state index is 0.133. The van der Waals surface area contributed by atoms with E-state index in [1.807, 2.05) is 0 Å². The molecule has 0 bridgehead atoms. The molecule has 0 spiro atoms. The smallest absolute Gasteiger partial charge is 0.00134 e. The van der Waals surface area contributed by atoms with Crippen LogP contribution in [0.25, 0.3) is 0 Å². The molecule has 0 fully saturated rings.